The first-order valence-electron chi connectivity index (χ1n) is 10.4. The molecule has 0 saturated carbocycles. The van der Waals surface area contributed by atoms with Crippen molar-refractivity contribution in [3.8, 4) is 10.6 Å². The lowest BCUT2D eigenvalue weighted by atomic mass is 10.1. The summed E-state index contributed by atoms with van der Waals surface area (Å²) in [5.41, 5.74) is 2.98. The van der Waals surface area contributed by atoms with Gasteiger partial charge in [0.05, 0.1) is 12.1 Å². The SMILES string of the molecule is CCCC(NC(=O)Cc1csc(-c2ccc(CN3CCN(C)CC3)cc2)n1)C(=O)O. The molecule has 2 heterocycles. The van der Waals surface area contributed by atoms with Gasteiger partial charge < -0.3 is 15.3 Å². The van der Waals surface area contributed by atoms with Gasteiger partial charge in [-0.2, -0.15) is 0 Å². The maximum absolute atomic E-state index is 12.2. The van der Waals surface area contributed by atoms with Crippen LogP contribution in [0.25, 0.3) is 10.6 Å². The molecule has 2 aromatic rings. The van der Waals surface area contributed by atoms with Crippen LogP contribution in [0.2, 0.25) is 0 Å². The Hall–Kier alpha value is -2.29. The van der Waals surface area contributed by atoms with Crippen molar-refractivity contribution in [1.82, 2.24) is 20.1 Å². The van der Waals surface area contributed by atoms with Crippen molar-refractivity contribution in [2.24, 2.45) is 0 Å². The molecule has 1 fully saturated rings. The molecule has 1 aliphatic heterocycles. The largest absolute Gasteiger partial charge is 0.480 e. The van der Waals surface area contributed by atoms with Gasteiger partial charge in [-0.1, -0.05) is 37.6 Å². The quantitative estimate of drug-likeness (QED) is 0.636. The number of amides is 1. The number of carbonyl (C=O) groups is 2. The Morgan fingerprint density at radius 3 is 2.53 bits per heavy atom. The summed E-state index contributed by atoms with van der Waals surface area (Å²) in [4.78, 5) is 32.8. The summed E-state index contributed by atoms with van der Waals surface area (Å²) in [5, 5.41) is 14.5. The molecular formula is C22H30N4O3S. The molecule has 3 rings (SSSR count). The summed E-state index contributed by atoms with van der Waals surface area (Å²) >= 11 is 1.50. The number of piperazine rings is 1. The van der Waals surface area contributed by atoms with Gasteiger partial charge in [-0.05, 0) is 19.0 Å². The van der Waals surface area contributed by atoms with Gasteiger partial charge >= 0.3 is 5.97 Å². The zero-order chi connectivity index (χ0) is 21.5. The first kappa shape index (κ1) is 22.4. The Morgan fingerprint density at radius 2 is 1.90 bits per heavy atom. The van der Waals surface area contributed by atoms with Crippen LogP contribution in [-0.4, -0.2) is 71.0 Å². The van der Waals surface area contributed by atoms with Gasteiger partial charge in [-0.3, -0.25) is 9.69 Å². The van der Waals surface area contributed by atoms with Crippen LogP contribution in [0.3, 0.4) is 0 Å². The summed E-state index contributed by atoms with van der Waals surface area (Å²) in [6.45, 7) is 7.26. The number of aliphatic carboxylic acids is 1. The lowest BCUT2D eigenvalue weighted by Crippen LogP contribution is -2.43. The Balaban J connectivity index is 1.55. The number of nitrogens with one attached hydrogen (secondary N) is 1. The monoisotopic (exact) mass is 430 g/mol. The molecule has 1 aliphatic rings. The van der Waals surface area contributed by atoms with Gasteiger partial charge in [0, 0.05) is 43.7 Å². The number of carboxylic acids is 1. The van der Waals surface area contributed by atoms with Crippen molar-refractivity contribution < 1.29 is 14.7 Å². The smallest absolute Gasteiger partial charge is 0.326 e. The average Bonchev–Trinajstić information content (AvgIpc) is 3.18. The molecule has 1 aromatic heterocycles. The molecule has 0 bridgehead atoms. The van der Waals surface area contributed by atoms with Crippen LogP contribution in [0.5, 0.6) is 0 Å². The first-order valence-corrected chi connectivity index (χ1v) is 11.3. The number of hydrogen-bond acceptors (Lipinski definition) is 6. The molecule has 1 saturated heterocycles. The first-order chi connectivity index (χ1) is 14.4. The highest BCUT2D eigenvalue weighted by atomic mass is 32.1. The standard InChI is InChI=1S/C22H30N4O3S/c1-3-4-19(22(28)29)24-20(27)13-18-15-30-21(23-18)17-7-5-16(6-8-17)14-26-11-9-25(2)10-12-26/h5-8,15,19H,3-4,9-14H2,1-2H3,(H,24,27)(H,28,29). The van der Waals surface area contributed by atoms with Crippen molar-refractivity contribution >= 4 is 23.2 Å². The number of thiazole rings is 1. The zero-order valence-electron chi connectivity index (χ0n) is 17.6. The molecule has 1 aromatic carbocycles. The van der Waals surface area contributed by atoms with Gasteiger partial charge in [0.1, 0.15) is 11.0 Å². The third-order valence-electron chi connectivity index (χ3n) is 5.31. The van der Waals surface area contributed by atoms with E-state index in [-0.39, 0.29) is 12.3 Å². The molecule has 0 spiro atoms. The lowest BCUT2D eigenvalue weighted by molar-refractivity contribution is -0.141. The summed E-state index contributed by atoms with van der Waals surface area (Å²) in [6.07, 6.45) is 1.21. The van der Waals surface area contributed by atoms with Crippen LogP contribution in [0, 0.1) is 0 Å². The van der Waals surface area contributed by atoms with Crippen LogP contribution in [0.1, 0.15) is 31.0 Å². The Kier molecular flexibility index (Phi) is 7.95. The van der Waals surface area contributed by atoms with E-state index >= 15 is 0 Å². The third-order valence-corrected chi connectivity index (χ3v) is 6.25. The molecule has 30 heavy (non-hydrogen) atoms. The average molecular weight is 431 g/mol. The van der Waals surface area contributed by atoms with Gasteiger partial charge in [0.2, 0.25) is 5.91 Å². The number of aromatic nitrogens is 1. The molecule has 1 amide bonds. The fourth-order valence-electron chi connectivity index (χ4n) is 3.49. The lowest BCUT2D eigenvalue weighted by Gasteiger charge is -2.32. The maximum Gasteiger partial charge on any atom is 0.326 e. The number of rotatable bonds is 9. The second-order valence-electron chi connectivity index (χ2n) is 7.84. The van der Waals surface area contributed by atoms with Crippen LogP contribution < -0.4 is 5.32 Å². The minimum absolute atomic E-state index is 0.0888. The predicted octanol–water partition coefficient (Wildman–Crippen LogP) is 2.47. The zero-order valence-corrected chi connectivity index (χ0v) is 18.5. The number of carbonyl (C=O) groups excluding carboxylic acids is 1. The highest BCUT2D eigenvalue weighted by Crippen LogP contribution is 2.24. The van der Waals surface area contributed by atoms with Gasteiger partial charge in [-0.25, -0.2) is 9.78 Å². The van der Waals surface area contributed by atoms with Gasteiger partial charge in [0.25, 0.3) is 0 Å². The highest BCUT2D eigenvalue weighted by molar-refractivity contribution is 7.13. The van der Waals surface area contributed by atoms with E-state index in [0.717, 1.165) is 43.3 Å². The van der Waals surface area contributed by atoms with E-state index in [2.05, 4.69) is 51.4 Å². The molecule has 162 valence electrons. The fraction of sp³-hybridized carbons (Fsp3) is 0.500. The van der Waals surface area contributed by atoms with Crippen molar-refractivity contribution in [1.29, 1.82) is 0 Å². The molecule has 8 heteroatoms. The van der Waals surface area contributed by atoms with Crippen LogP contribution in [0.15, 0.2) is 29.6 Å². The summed E-state index contributed by atoms with van der Waals surface area (Å²) in [5.74, 6) is -1.31. The van der Waals surface area contributed by atoms with E-state index in [1.165, 1.54) is 16.9 Å². The summed E-state index contributed by atoms with van der Waals surface area (Å²) in [6, 6.07) is 7.60. The number of carboxylic acid groups (broad SMARTS) is 1. The number of hydrogen-bond donors (Lipinski definition) is 2. The van der Waals surface area contributed by atoms with Crippen LogP contribution >= 0.6 is 11.3 Å². The van der Waals surface area contributed by atoms with E-state index in [9.17, 15) is 14.7 Å². The van der Waals surface area contributed by atoms with E-state index in [4.69, 9.17) is 0 Å². The molecule has 0 aliphatic carbocycles. The van der Waals surface area contributed by atoms with E-state index in [0.29, 0.717) is 18.5 Å². The van der Waals surface area contributed by atoms with E-state index in [1.54, 1.807) is 0 Å². The number of nitrogens with zero attached hydrogens (tertiary/aromatic N) is 3. The maximum atomic E-state index is 12.2. The normalized spacial score (nSPS) is 16.3. The van der Waals surface area contributed by atoms with Gasteiger partial charge in [0.15, 0.2) is 0 Å². The molecule has 2 N–H and O–H groups in total. The van der Waals surface area contributed by atoms with Crippen LogP contribution in [0.4, 0.5) is 0 Å². The van der Waals surface area contributed by atoms with Crippen molar-refractivity contribution in [3.05, 3.63) is 40.9 Å². The van der Waals surface area contributed by atoms with Crippen molar-refractivity contribution in [2.45, 2.75) is 38.8 Å². The summed E-state index contributed by atoms with van der Waals surface area (Å²) in [7, 11) is 2.16. The van der Waals surface area contributed by atoms with Crippen molar-refractivity contribution in [3.63, 3.8) is 0 Å². The topological polar surface area (TPSA) is 85.8 Å². The second-order valence-corrected chi connectivity index (χ2v) is 8.70. The minimum atomic E-state index is -0.999. The number of likely N-dealkylation sites (N-methyl/N-ethyl adjacent to an activating group) is 1. The molecule has 1 unspecified atom stereocenters. The minimum Gasteiger partial charge on any atom is -0.480 e. The summed E-state index contributed by atoms with van der Waals surface area (Å²) < 4.78 is 0. The van der Waals surface area contributed by atoms with Gasteiger partial charge in [-0.15, -0.1) is 11.3 Å². The second kappa shape index (κ2) is 10.7. The van der Waals surface area contributed by atoms with E-state index in [1.807, 2.05) is 12.3 Å². The third kappa shape index (κ3) is 6.35. The fourth-order valence-corrected chi connectivity index (χ4v) is 4.32. The van der Waals surface area contributed by atoms with Crippen molar-refractivity contribution in [2.75, 3.05) is 33.2 Å². The highest BCUT2D eigenvalue weighted by Gasteiger charge is 2.19. The predicted molar refractivity (Wildman–Crippen MR) is 119 cm³/mol. The molecule has 7 nitrogen and oxygen atoms in total. The molecule has 1 atom stereocenters. The van der Waals surface area contributed by atoms with E-state index < -0.39 is 12.0 Å². The van der Waals surface area contributed by atoms with Crippen LogP contribution in [-0.2, 0) is 22.6 Å². The molecular weight excluding hydrogens is 400 g/mol. The Labute approximate surface area is 181 Å². The Morgan fingerprint density at radius 1 is 1.20 bits per heavy atom. The molecule has 0 radical (unpaired) electrons. The Bertz CT molecular complexity index is 844. The number of benzene rings is 1.